The molecule has 0 aliphatic rings. The summed E-state index contributed by atoms with van der Waals surface area (Å²) in [6.07, 6.45) is 0. The van der Waals surface area contributed by atoms with E-state index < -0.39 is 0 Å². The molecule has 0 aliphatic heterocycles. The van der Waals surface area contributed by atoms with Crippen LogP contribution in [0.15, 0.2) is 42.5 Å². The molecular formula is C20H20ClN3O3S. The second-order valence-corrected chi connectivity index (χ2v) is 7.37. The Hall–Kier alpha value is -2.77. The van der Waals surface area contributed by atoms with Gasteiger partial charge in [0.25, 0.3) is 5.91 Å². The van der Waals surface area contributed by atoms with Crippen LogP contribution < -0.4 is 20.1 Å². The van der Waals surface area contributed by atoms with Crippen molar-refractivity contribution in [3.05, 3.63) is 63.6 Å². The van der Waals surface area contributed by atoms with E-state index in [0.29, 0.717) is 38.7 Å². The number of nitrogens with zero attached hydrogens (tertiary/aromatic N) is 1. The Labute approximate surface area is 172 Å². The lowest BCUT2D eigenvalue weighted by molar-refractivity contribution is 0.0954. The minimum Gasteiger partial charge on any atom is -0.497 e. The van der Waals surface area contributed by atoms with Crippen LogP contribution in [-0.2, 0) is 6.54 Å². The first kappa shape index (κ1) is 20.0. The average Bonchev–Trinajstić information content (AvgIpc) is 3.06. The fourth-order valence-corrected chi connectivity index (χ4v) is 3.67. The number of hydrogen-bond acceptors (Lipinski definition) is 6. The summed E-state index contributed by atoms with van der Waals surface area (Å²) in [5.74, 6) is 1.22. The number of carbonyl (C=O) groups is 1. The lowest BCUT2D eigenvalue weighted by Crippen LogP contribution is -2.22. The summed E-state index contributed by atoms with van der Waals surface area (Å²) < 4.78 is 10.5. The molecule has 146 valence electrons. The van der Waals surface area contributed by atoms with Gasteiger partial charge in [0.15, 0.2) is 5.13 Å². The lowest BCUT2D eigenvalue weighted by atomic mass is 10.2. The monoisotopic (exact) mass is 417 g/mol. The van der Waals surface area contributed by atoms with Crippen molar-refractivity contribution in [1.29, 1.82) is 0 Å². The molecule has 1 heterocycles. The standard InChI is InChI=1S/C20H20ClN3O3S/c1-12-18(19(25)22-11-13-5-4-6-15(9-13)26-2)28-20(23-12)24-16-10-14(21)7-8-17(16)27-3/h4-10H,11H2,1-3H3,(H,22,25)(H,23,24). The molecule has 0 bridgehead atoms. The Balaban J connectivity index is 1.71. The van der Waals surface area contributed by atoms with E-state index in [1.165, 1.54) is 11.3 Å². The number of nitrogens with one attached hydrogen (secondary N) is 2. The van der Waals surface area contributed by atoms with Crippen molar-refractivity contribution in [2.45, 2.75) is 13.5 Å². The predicted molar refractivity (Wildman–Crippen MR) is 112 cm³/mol. The van der Waals surface area contributed by atoms with Gasteiger partial charge < -0.3 is 20.1 Å². The van der Waals surface area contributed by atoms with Gasteiger partial charge in [-0.15, -0.1) is 0 Å². The number of rotatable bonds is 7. The molecule has 0 radical (unpaired) electrons. The van der Waals surface area contributed by atoms with Gasteiger partial charge in [0, 0.05) is 11.6 Å². The molecule has 2 aromatic carbocycles. The third-order valence-electron chi connectivity index (χ3n) is 3.99. The summed E-state index contributed by atoms with van der Waals surface area (Å²) in [4.78, 5) is 17.6. The second-order valence-electron chi connectivity index (χ2n) is 5.94. The first-order valence-corrected chi connectivity index (χ1v) is 9.68. The minimum absolute atomic E-state index is 0.177. The Morgan fingerprint density at radius 2 is 2.00 bits per heavy atom. The van der Waals surface area contributed by atoms with Crippen LogP contribution in [0, 0.1) is 6.92 Å². The summed E-state index contributed by atoms with van der Waals surface area (Å²) in [6, 6.07) is 12.8. The first-order chi connectivity index (χ1) is 13.5. The molecule has 0 fully saturated rings. The molecule has 0 spiro atoms. The van der Waals surface area contributed by atoms with E-state index in [1.807, 2.05) is 24.3 Å². The van der Waals surface area contributed by atoms with Crippen LogP contribution >= 0.6 is 22.9 Å². The van der Waals surface area contributed by atoms with Gasteiger partial charge in [0.05, 0.1) is 25.6 Å². The lowest BCUT2D eigenvalue weighted by Gasteiger charge is -2.09. The zero-order valence-electron chi connectivity index (χ0n) is 15.7. The van der Waals surface area contributed by atoms with Crippen LogP contribution in [-0.4, -0.2) is 25.1 Å². The van der Waals surface area contributed by atoms with Crippen molar-refractivity contribution < 1.29 is 14.3 Å². The summed E-state index contributed by atoms with van der Waals surface area (Å²) in [6.45, 7) is 2.20. The summed E-state index contributed by atoms with van der Waals surface area (Å²) in [7, 11) is 3.20. The van der Waals surface area contributed by atoms with Gasteiger partial charge in [-0.2, -0.15) is 0 Å². The summed E-state index contributed by atoms with van der Waals surface area (Å²) in [5.41, 5.74) is 2.29. The van der Waals surface area contributed by atoms with E-state index in [2.05, 4.69) is 15.6 Å². The van der Waals surface area contributed by atoms with Crippen molar-refractivity contribution in [1.82, 2.24) is 10.3 Å². The van der Waals surface area contributed by atoms with Crippen LogP contribution in [0.1, 0.15) is 20.9 Å². The van der Waals surface area contributed by atoms with Crippen molar-refractivity contribution >= 4 is 39.7 Å². The Kier molecular flexibility index (Phi) is 6.38. The number of anilines is 2. The maximum atomic E-state index is 12.6. The average molecular weight is 418 g/mol. The van der Waals surface area contributed by atoms with Crippen molar-refractivity contribution in [2.75, 3.05) is 19.5 Å². The van der Waals surface area contributed by atoms with Crippen molar-refractivity contribution in [3.8, 4) is 11.5 Å². The summed E-state index contributed by atoms with van der Waals surface area (Å²) in [5, 5.41) is 7.25. The van der Waals surface area contributed by atoms with Gasteiger partial charge in [-0.05, 0) is 42.8 Å². The molecule has 0 saturated heterocycles. The van der Waals surface area contributed by atoms with Gasteiger partial charge in [-0.3, -0.25) is 4.79 Å². The molecular weight excluding hydrogens is 398 g/mol. The number of ether oxygens (including phenoxy) is 2. The first-order valence-electron chi connectivity index (χ1n) is 8.49. The van der Waals surface area contributed by atoms with Crippen molar-refractivity contribution in [2.24, 2.45) is 0 Å². The van der Waals surface area contributed by atoms with Crippen LogP contribution in [0.3, 0.4) is 0 Å². The molecule has 0 unspecified atom stereocenters. The van der Waals surface area contributed by atoms with Gasteiger partial charge >= 0.3 is 0 Å². The van der Waals surface area contributed by atoms with E-state index in [1.54, 1.807) is 39.3 Å². The number of methoxy groups -OCH3 is 2. The molecule has 3 aromatic rings. The van der Waals surface area contributed by atoms with Crippen molar-refractivity contribution in [3.63, 3.8) is 0 Å². The highest BCUT2D eigenvalue weighted by Gasteiger charge is 2.16. The van der Waals surface area contributed by atoms with Crippen LogP contribution in [0.4, 0.5) is 10.8 Å². The highest BCUT2D eigenvalue weighted by atomic mass is 35.5. The Morgan fingerprint density at radius 1 is 1.18 bits per heavy atom. The van der Waals surface area contributed by atoms with Crippen LogP contribution in [0.25, 0.3) is 0 Å². The third-order valence-corrected chi connectivity index (χ3v) is 5.30. The topological polar surface area (TPSA) is 72.5 Å². The third kappa shape index (κ3) is 4.74. The number of aryl methyl sites for hydroxylation is 1. The number of halogens is 1. The highest BCUT2D eigenvalue weighted by Crippen LogP contribution is 2.33. The fraction of sp³-hybridized carbons (Fsp3) is 0.200. The number of carbonyl (C=O) groups excluding carboxylic acids is 1. The molecule has 6 nitrogen and oxygen atoms in total. The molecule has 8 heteroatoms. The Bertz CT molecular complexity index is 991. The predicted octanol–water partition coefficient (Wildman–Crippen LogP) is 4.80. The van der Waals surface area contributed by atoms with Gasteiger partial charge in [-0.1, -0.05) is 35.1 Å². The normalized spacial score (nSPS) is 10.4. The van der Waals surface area contributed by atoms with E-state index >= 15 is 0 Å². The SMILES string of the molecule is COc1cccc(CNC(=O)c2sc(Nc3cc(Cl)ccc3OC)nc2C)c1. The summed E-state index contributed by atoms with van der Waals surface area (Å²) >= 11 is 7.34. The number of hydrogen-bond donors (Lipinski definition) is 2. The van der Waals surface area contributed by atoms with Crippen LogP contribution in [0.2, 0.25) is 5.02 Å². The number of benzene rings is 2. The van der Waals surface area contributed by atoms with Gasteiger partial charge in [-0.25, -0.2) is 4.98 Å². The molecule has 2 N–H and O–H groups in total. The maximum Gasteiger partial charge on any atom is 0.263 e. The molecule has 28 heavy (non-hydrogen) atoms. The minimum atomic E-state index is -0.177. The largest absolute Gasteiger partial charge is 0.497 e. The zero-order valence-corrected chi connectivity index (χ0v) is 17.3. The molecule has 1 amide bonds. The van der Waals surface area contributed by atoms with Crippen LogP contribution in [0.5, 0.6) is 11.5 Å². The van der Waals surface area contributed by atoms with E-state index in [9.17, 15) is 4.79 Å². The van der Waals surface area contributed by atoms with Gasteiger partial charge in [0.2, 0.25) is 0 Å². The smallest absolute Gasteiger partial charge is 0.263 e. The number of thiazole rings is 1. The second kappa shape index (κ2) is 8.95. The molecule has 1 aromatic heterocycles. The van der Waals surface area contributed by atoms with E-state index in [-0.39, 0.29) is 5.91 Å². The molecule has 3 rings (SSSR count). The quantitative estimate of drug-likeness (QED) is 0.578. The molecule has 0 atom stereocenters. The van der Waals surface area contributed by atoms with E-state index in [0.717, 1.165) is 11.3 Å². The zero-order chi connectivity index (χ0) is 20.1. The number of amides is 1. The Morgan fingerprint density at radius 3 is 2.75 bits per heavy atom. The highest BCUT2D eigenvalue weighted by molar-refractivity contribution is 7.17. The van der Waals surface area contributed by atoms with Gasteiger partial charge in [0.1, 0.15) is 16.4 Å². The number of aromatic nitrogens is 1. The molecule has 0 aliphatic carbocycles. The molecule has 0 saturated carbocycles. The maximum absolute atomic E-state index is 12.6. The van der Waals surface area contributed by atoms with E-state index in [4.69, 9.17) is 21.1 Å². The fourth-order valence-electron chi connectivity index (χ4n) is 2.60.